The van der Waals surface area contributed by atoms with Gasteiger partial charge in [0, 0.05) is 18.4 Å². The predicted molar refractivity (Wildman–Crippen MR) is 112 cm³/mol. The zero-order valence-corrected chi connectivity index (χ0v) is 17.7. The van der Waals surface area contributed by atoms with Gasteiger partial charge in [0.15, 0.2) is 5.78 Å². The molecule has 4 rings (SSSR count). The Hall–Kier alpha value is -0.720. The van der Waals surface area contributed by atoms with Crippen molar-refractivity contribution in [1.82, 2.24) is 4.90 Å². The SMILES string of the molecule is Cl.O=C(c1ccc(Br)s1)C1CCN([C@@H]2Cc3ccccc3C[C@H]2O)CC1. The zero-order valence-electron chi connectivity index (χ0n) is 14.4. The molecule has 0 radical (unpaired) electrons. The Kier molecular flexibility index (Phi) is 6.57. The number of hydrogen-bond acceptors (Lipinski definition) is 4. The number of aliphatic hydroxyl groups is 1. The van der Waals surface area contributed by atoms with Gasteiger partial charge in [-0.05, 0) is 71.5 Å². The number of carbonyl (C=O) groups excluding carboxylic acids is 1. The molecule has 0 spiro atoms. The first-order chi connectivity index (χ1) is 12.1. The molecule has 6 heteroatoms. The number of rotatable bonds is 3. The highest BCUT2D eigenvalue weighted by atomic mass is 79.9. The number of thiophene rings is 1. The van der Waals surface area contributed by atoms with Gasteiger partial charge in [-0.3, -0.25) is 9.69 Å². The molecule has 0 saturated carbocycles. The fourth-order valence-corrected chi connectivity index (χ4v) is 5.60. The fourth-order valence-electron chi connectivity index (χ4n) is 4.19. The molecule has 1 N–H and O–H groups in total. The van der Waals surface area contributed by atoms with Crippen molar-refractivity contribution in [1.29, 1.82) is 0 Å². The van der Waals surface area contributed by atoms with Crippen molar-refractivity contribution in [2.24, 2.45) is 5.92 Å². The molecule has 2 aliphatic rings. The van der Waals surface area contributed by atoms with Gasteiger partial charge < -0.3 is 5.11 Å². The first kappa shape index (κ1) is 20.0. The van der Waals surface area contributed by atoms with Crippen LogP contribution in [0.15, 0.2) is 40.2 Å². The Balaban J connectivity index is 0.00000196. The van der Waals surface area contributed by atoms with E-state index in [-0.39, 0.29) is 36.3 Å². The van der Waals surface area contributed by atoms with E-state index in [0.29, 0.717) is 0 Å². The van der Waals surface area contributed by atoms with Crippen LogP contribution in [0.1, 0.15) is 33.6 Å². The zero-order chi connectivity index (χ0) is 17.4. The second-order valence-corrected chi connectivity index (χ2v) is 9.55. The second-order valence-electron chi connectivity index (χ2n) is 7.09. The molecule has 1 aliphatic carbocycles. The largest absolute Gasteiger partial charge is 0.391 e. The number of benzene rings is 1. The number of fused-ring (bicyclic) bond motifs is 1. The third kappa shape index (κ3) is 4.07. The van der Waals surface area contributed by atoms with Crippen LogP contribution in [0.2, 0.25) is 0 Å². The summed E-state index contributed by atoms with van der Waals surface area (Å²) in [5.74, 6) is 0.403. The number of hydrogen-bond donors (Lipinski definition) is 1. The van der Waals surface area contributed by atoms with Crippen LogP contribution in [0.3, 0.4) is 0 Å². The Labute approximate surface area is 173 Å². The van der Waals surface area contributed by atoms with Gasteiger partial charge >= 0.3 is 0 Å². The smallest absolute Gasteiger partial charge is 0.175 e. The molecule has 3 nitrogen and oxygen atoms in total. The molecule has 1 aliphatic heterocycles. The molecular weight excluding hydrogens is 434 g/mol. The van der Waals surface area contributed by atoms with Crippen molar-refractivity contribution in [2.75, 3.05) is 13.1 Å². The average molecular weight is 457 g/mol. The highest BCUT2D eigenvalue weighted by molar-refractivity contribution is 9.11. The molecular formula is C20H23BrClNO2S. The minimum Gasteiger partial charge on any atom is -0.391 e. The van der Waals surface area contributed by atoms with E-state index in [0.717, 1.165) is 47.4 Å². The van der Waals surface area contributed by atoms with Crippen molar-refractivity contribution in [3.8, 4) is 0 Å². The highest BCUT2D eigenvalue weighted by Crippen LogP contribution is 2.31. The van der Waals surface area contributed by atoms with Gasteiger partial charge in [0.2, 0.25) is 0 Å². The molecule has 2 aromatic rings. The predicted octanol–water partition coefficient (Wildman–Crippen LogP) is 4.36. The topological polar surface area (TPSA) is 40.5 Å². The summed E-state index contributed by atoms with van der Waals surface area (Å²) in [6.07, 6.45) is 3.12. The van der Waals surface area contributed by atoms with Crippen LogP contribution in [-0.4, -0.2) is 41.0 Å². The Morgan fingerprint density at radius 2 is 1.73 bits per heavy atom. The van der Waals surface area contributed by atoms with Crippen molar-refractivity contribution in [3.63, 3.8) is 0 Å². The van der Waals surface area contributed by atoms with Crippen LogP contribution in [0, 0.1) is 5.92 Å². The summed E-state index contributed by atoms with van der Waals surface area (Å²) in [6, 6.07) is 12.5. The highest BCUT2D eigenvalue weighted by Gasteiger charge is 2.35. The maximum atomic E-state index is 12.6. The van der Waals surface area contributed by atoms with Gasteiger partial charge in [-0.2, -0.15) is 0 Å². The third-order valence-electron chi connectivity index (χ3n) is 5.61. The van der Waals surface area contributed by atoms with Crippen LogP contribution in [0.25, 0.3) is 0 Å². The average Bonchev–Trinajstić information content (AvgIpc) is 3.07. The van der Waals surface area contributed by atoms with Gasteiger partial charge in [-0.1, -0.05) is 24.3 Å². The molecule has 1 aromatic heterocycles. The number of aliphatic hydroxyl groups excluding tert-OH is 1. The van der Waals surface area contributed by atoms with E-state index in [1.165, 1.54) is 22.5 Å². The lowest BCUT2D eigenvalue weighted by Crippen LogP contribution is -2.51. The van der Waals surface area contributed by atoms with E-state index in [4.69, 9.17) is 0 Å². The summed E-state index contributed by atoms with van der Waals surface area (Å²) in [5, 5.41) is 10.6. The Morgan fingerprint density at radius 1 is 1.08 bits per heavy atom. The Morgan fingerprint density at radius 3 is 2.35 bits per heavy atom. The molecule has 0 unspecified atom stereocenters. The Bertz CT molecular complexity index is 773. The van der Waals surface area contributed by atoms with Crippen LogP contribution in [0.4, 0.5) is 0 Å². The summed E-state index contributed by atoms with van der Waals surface area (Å²) in [7, 11) is 0. The van der Waals surface area contributed by atoms with Gasteiger partial charge in [-0.25, -0.2) is 0 Å². The quantitative estimate of drug-likeness (QED) is 0.698. The van der Waals surface area contributed by atoms with Crippen molar-refractivity contribution >= 4 is 45.5 Å². The van der Waals surface area contributed by atoms with E-state index in [9.17, 15) is 9.90 Å². The standard InChI is InChI=1S/C20H22BrNO2S.ClH/c21-19-6-5-18(25-19)20(24)13-7-9-22(10-8-13)16-11-14-3-1-2-4-15(14)12-17(16)23;/h1-6,13,16-17,23H,7-12H2;1H/t16-,17-;/m1./s1. The summed E-state index contributed by atoms with van der Waals surface area (Å²) in [4.78, 5) is 15.9. The lowest BCUT2D eigenvalue weighted by Gasteiger charge is -2.41. The first-order valence-electron chi connectivity index (χ1n) is 8.90. The maximum Gasteiger partial charge on any atom is 0.175 e. The van der Waals surface area contributed by atoms with E-state index >= 15 is 0 Å². The molecule has 0 bridgehead atoms. The summed E-state index contributed by atoms with van der Waals surface area (Å²) in [6.45, 7) is 1.79. The third-order valence-corrected chi connectivity index (χ3v) is 7.24. The second kappa shape index (κ2) is 8.53. The lowest BCUT2D eigenvalue weighted by molar-refractivity contribution is 0.0240. The van der Waals surface area contributed by atoms with Gasteiger partial charge in [0.05, 0.1) is 14.8 Å². The summed E-state index contributed by atoms with van der Waals surface area (Å²) in [5.41, 5.74) is 2.64. The molecule has 0 amide bonds. The van der Waals surface area contributed by atoms with E-state index in [1.54, 1.807) is 0 Å². The minimum atomic E-state index is -0.310. The van der Waals surface area contributed by atoms with Crippen molar-refractivity contribution in [3.05, 3.63) is 56.2 Å². The first-order valence-corrected chi connectivity index (χ1v) is 10.5. The monoisotopic (exact) mass is 455 g/mol. The molecule has 26 heavy (non-hydrogen) atoms. The van der Waals surface area contributed by atoms with Crippen LogP contribution in [-0.2, 0) is 12.8 Å². The molecule has 1 aromatic carbocycles. The molecule has 1 saturated heterocycles. The van der Waals surface area contributed by atoms with Crippen molar-refractivity contribution < 1.29 is 9.90 Å². The number of ketones is 1. The number of Topliss-reactive ketones (excluding diaryl/α,β-unsaturated/α-hetero) is 1. The molecule has 2 atom stereocenters. The molecule has 1 fully saturated rings. The van der Waals surface area contributed by atoms with Crippen LogP contribution >= 0.6 is 39.7 Å². The summed E-state index contributed by atoms with van der Waals surface area (Å²) >= 11 is 4.96. The number of halogens is 2. The van der Waals surface area contributed by atoms with E-state index < -0.39 is 0 Å². The van der Waals surface area contributed by atoms with Crippen molar-refractivity contribution in [2.45, 2.75) is 37.8 Å². The normalized spacial score (nSPS) is 23.9. The molecule has 2 heterocycles. The van der Waals surface area contributed by atoms with Gasteiger partial charge in [-0.15, -0.1) is 23.7 Å². The lowest BCUT2D eigenvalue weighted by atomic mass is 9.83. The van der Waals surface area contributed by atoms with E-state index in [1.807, 2.05) is 18.2 Å². The van der Waals surface area contributed by atoms with Crippen LogP contribution in [0.5, 0.6) is 0 Å². The summed E-state index contributed by atoms with van der Waals surface area (Å²) < 4.78 is 1.01. The van der Waals surface area contributed by atoms with E-state index in [2.05, 4.69) is 39.0 Å². The van der Waals surface area contributed by atoms with Gasteiger partial charge in [0.1, 0.15) is 0 Å². The number of likely N-dealkylation sites (tertiary alicyclic amines) is 1. The number of carbonyl (C=O) groups is 1. The minimum absolute atomic E-state index is 0. The van der Waals surface area contributed by atoms with Crippen LogP contribution < -0.4 is 0 Å². The number of piperidine rings is 1. The van der Waals surface area contributed by atoms with Gasteiger partial charge in [0.25, 0.3) is 0 Å². The molecule has 140 valence electrons. The number of nitrogens with zero attached hydrogens (tertiary/aromatic N) is 1. The maximum absolute atomic E-state index is 12.6. The fraction of sp³-hybridized carbons (Fsp3) is 0.450.